The first-order chi connectivity index (χ1) is 7.60. The van der Waals surface area contributed by atoms with Crippen LogP contribution in [0, 0.1) is 0 Å². The molecule has 16 heavy (non-hydrogen) atoms. The minimum Gasteiger partial charge on any atom is -0.520 e. The van der Waals surface area contributed by atoms with Gasteiger partial charge in [0, 0.05) is 6.42 Å². The first-order valence-electron chi connectivity index (χ1n) is 6.82. The lowest BCUT2D eigenvalue weighted by Gasteiger charge is -2.22. The zero-order valence-electron chi connectivity index (χ0n) is 10.9. The first kappa shape index (κ1) is 13.8. The van der Waals surface area contributed by atoms with Gasteiger partial charge in [-0.15, -0.1) is 0 Å². The van der Waals surface area contributed by atoms with Gasteiger partial charge < -0.3 is 4.43 Å². The standard InChI is InChI=1S/C13H26O2Si/c1-16(2)12-10-8-6-4-3-5-7-9-11-13(14)15-16/h3-12H2,1-2H3. The van der Waals surface area contributed by atoms with E-state index in [1.807, 2.05) is 0 Å². The summed E-state index contributed by atoms with van der Waals surface area (Å²) in [7, 11) is -1.70. The molecule has 1 rings (SSSR count). The Balaban J connectivity index is 2.39. The van der Waals surface area contributed by atoms with Crippen LogP contribution in [0.3, 0.4) is 0 Å². The molecule has 0 saturated carbocycles. The summed E-state index contributed by atoms with van der Waals surface area (Å²) in [5, 5.41) is 0. The molecular formula is C13H26O2Si. The second kappa shape index (κ2) is 7.10. The quantitative estimate of drug-likeness (QED) is 0.593. The number of rotatable bonds is 0. The summed E-state index contributed by atoms with van der Waals surface area (Å²) in [5.41, 5.74) is 0. The lowest BCUT2D eigenvalue weighted by Crippen LogP contribution is -2.33. The van der Waals surface area contributed by atoms with Crippen LogP contribution in [0.15, 0.2) is 0 Å². The highest BCUT2D eigenvalue weighted by Gasteiger charge is 2.26. The molecule has 0 aromatic rings. The first-order valence-corrected chi connectivity index (χ1v) is 9.93. The van der Waals surface area contributed by atoms with Gasteiger partial charge in [0.1, 0.15) is 0 Å². The Bertz CT molecular complexity index is 214. The van der Waals surface area contributed by atoms with Gasteiger partial charge >= 0.3 is 0 Å². The Kier molecular flexibility index (Phi) is 6.10. The van der Waals surface area contributed by atoms with Gasteiger partial charge in [-0.25, -0.2) is 0 Å². The largest absolute Gasteiger partial charge is 0.520 e. The van der Waals surface area contributed by atoms with Crippen LogP contribution in [-0.4, -0.2) is 14.3 Å². The van der Waals surface area contributed by atoms with Gasteiger partial charge in [-0.2, -0.15) is 0 Å². The van der Waals surface area contributed by atoms with Crippen molar-refractivity contribution in [3.05, 3.63) is 0 Å². The van der Waals surface area contributed by atoms with Crippen molar-refractivity contribution in [1.82, 2.24) is 0 Å². The fraction of sp³-hybridized carbons (Fsp3) is 0.923. The molecule has 1 aliphatic heterocycles. The van der Waals surface area contributed by atoms with Crippen LogP contribution < -0.4 is 0 Å². The van der Waals surface area contributed by atoms with Crippen molar-refractivity contribution in [2.45, 2.75) is 76.9 Å². The molecule has 0 aromatic carbocycles. The fourth-order valence-electron chi connectivity index (χ4n) is 2.29. The Morgan fingerprint density at radius 1 is 0.875 bits per heavy atom. The second-order valence-electron chi connectivity index (χ2n) is 5.56. The Labute approximate surface area is 101 Å². The predicted molar refractivity (Wildman–Crippen MR) is 69.9 cm³/mol. The molecule has 1 heterocycles. The maximum absolute atomic E-state index is 11.6. The van der Waals surface area contributed by atoms with Gasteiger partial charge in [-0.1, -0.05) is 44.9 Å². The van der Waals surface area contributed by atoms with E-state index in [9.17, 15) is 4.79 Å². The van der Waals surface area contributed by atoms with Gasteiger partial charge in [0.05, 0.1) is 0 Å². The summed E-state index contributed by atoms with van der Waals surface area (Å²) in [6.45, 7) is 4.34. The average Bonchev–Trinajstić information content (AvgIpc) is 2.20. The van der Waals surface area contributed by atoms with Gasteiger partial charge in [0.2, 0.25) is 8.32 Å². The molecule has 0 amide bonds. The van der Waals surface area contributed by atoms with Crippen molar-refractivity contribution in [2.24, 2.45) is 0 Å². The van der Waals surface area contributed by atoms with Crippen LogP contribution in [0.5, 0.6) is 0 Å². The summed E-state index contributed by atoms with van der Waals surface area (Å²) in [6.07, 6.45) is 10.8. The smallest absolute Gasteiger partial charge is 0.292 e. The fourth-order valence-corrected chi connectivity index (χ4v) is 4.21. The van der Waals surface area contributed by atoms with E-state index in [0.717, 1.165) is 12.5 Å². The molecule has 94 valence electrons. The molecule has 0 spiro atoms. The molecule has 0 bridgehead atoms. The van der Waals surface area contributed by atoms with Crippen LogP contribution in [0.25, 0.3) is 0 Å². The lowest BCUT2D eigenvalue weighted by molar-refractivity contribution is -0.135. The molecule has 1 saturated heterocycles. The average molecular weight is 242 g/mol. The zero-order chi connectivity index (χ0) is 11.9. The summed E-state index contributed by atoms with van der Waals surface area (Å²) in [4.78, 5) is 11.6. The minimum absolute atomic E-state index is 0.0518. The third kappa shape index (κ3) is 6.31. The zero-order valence-corrected chi connectivity index (χ0v) is 11.9. The molecule has 0 aliphatic carbocycles. The lowest BCUT2D eigenvalue weighted by atomic mass is 10.1. The van der Waals surface area contributed by atoms with E-state index in [2.05, 4.69) is 13.1 Å². The summed E-state index contributed by atoms with van der Waals surface area (Å²) in [6, 6.07) is 1.14. The second-order valence-corrected chi connectivity index (χ2v) is 9.79. The molecule has 0 N–H and O–H groups in total. The molecule has 2 nitrogen and oxygen atoms in total. The van der Waals surface area contributed by atoms with E-state index >= 15 is 0 Å². The molecular weight excluding hydrogens is 216 g/mol. The summed E-state index contributed by atoms with van der Waals surface area (Å²) in [5.74, 6) is 0.0518. The molecule has 1 fully saturated rings. The van der Waals surface area contributed by atoms with Crippen LogP contribution >= 0.6 is 0 Å². The van der Waals surface area contributed by atoms with Crippen molar-refractivity contribution >= 4 is 14.3 Å². The molecule has 0 atom stereocenters. The molecule has 0 radical (unpaired) electrons. The van der Waals surface area contributed by atoms with Crippen LogP contribution in [0.2, 0.25) is 19.1 Å². The monoisotopic (exact) mass is 242 g/mol. The van der Waals surface area contributed by atoms with Gasteiger partial charge in [-0.05, 0) is 25.6 Å². The minimum atomic E-state index is -1.70. The van der Waals surface area contributed by atoms with Gasteiger partial charge in [0.25, 0.3) is 5.97 Å². The van der Waals surface area contributed by atoms with Crippen molar-refractivity contribution in [3.8, 4) is 0 Å². The highest BCUT2D eigenvalue weighted by molar-refractivity contribution is 6.72. The van der Waals surface area contributed by atoms with E-state index < -0.39 is 8.32 Å². The Morgan fingerprint density at radius 3 is 2.00 bits per heavy atom. The van der Waals surface area contributed by atoms with Crippen molar-refractivity contribution in [2.75, 3.05) is 0 Å². The normalized spacial score (nSPS) is 24.8. The highest BCUT2D eigenvalue weighted by Crippen LogP contribution is 2.20. The van der Waals surface area contributed by atoms with E-state index in [-0.39, 0.29) is 5.97 Å². The van der Waals surface area contributed by atoms with Crippen molar-refractivity contribution in [1.29, 1.82) is 0 Å². The molecule has 1 aliphatic rings. The Morgan fingerprint density at radius 2 is 1.38 bits per heavy atom. The van der Waals surface area contributed by atoms with Crippen LogP contribution in [-0.2, 0) is 9.22 Å². The van der Waals surface area contributed by atoms with Crippen LogP contribution in [0.4, 0.5) is 0 Å². The maximum atomic E-state index is 11.6. The predicted octanol–water partition coefficient (Wildman–Crippen LogP) is 4.26. The third-order valence-electron chi connectivity index (χ3n) is 3.30. The maximum Gasteiger partial charge on any atom is 0.292 e. The number of hydrogen-bond acceptors (Lipinski definition) is 2. The molecule has 0 aromatic heterocycles. The summed E-state index contributed by atoms with van der Waals surface area (Å²) >= 11 is 0. The Hall–Kier alpha value is -0.313. The van der Waals surface area contributed by atoms with Crippen molar-refractivity contribution in [3.63, 3.8) is 0 Å². The highest BCUT2D eigenvalue weighted by atomic mass is 28.4. The third-order valence-corrected chi connectivity index (χ3v) is 5.64. The van der Waals surface area contributed by atoms with Gasteiger partial charge in [-0.3, -0.25) is 4.79 Å². The summed E-state index contributed by atoms with van der Waals surface area (Å²) < 4.78 is 5.65. The van der Waals surface area contributed by atoms with E-state index in [1.165, 1.54) is 44.9 Å². The van der Waals surface area contributed by atoms with E-state index in [4.69, 9.17) is 4.43 Å². The number of carbonyl (C=O) groups excluding carboxylic acids is 1. The molecule has 3 heteroatoms. The van der Waals surface area contributed by atoms with E-state index in [1.54, 1.807) is 0 Å². The van der Waals surface area contributed by atoms with Gasteiger partial charge in [0.15, 0.2) is 0 Å². The topological polar surface area (TPSA) is 26.3 Å². The SMILES string of the molecule is C[Si]1(C)CCCCCCCCCCC(=O)O1. The van der Waals surface area contributed by atoms with E-state index in [0.29, 0.717) is 6.42 Å². The molecule has 0 unspecified atom stereocenters. The number of hydrogen-bond donors (Lipinski definition) is 0. The van der Waals surface area contributed by atoms with Crippen molar-refractivity contribution < 1.29 is 9.22 Å². The van der Waals surface area contributed by atoms with Crippen LogP contribution in [0.1, 0.15) is 57.8 Å². The number of carbonyl (C=O) groups is 1.